The third kappa shape index (κ3) is 5.94. The van der Waals surface area contributed by atoms with Crippen LogP contribution in [0.25, 0.3) is 11.0 Å². The number of carbonyl (C=O) groups is 3. The van der Waals surface area contributed by atoms with Gasteiger partial charge in [0.25, 0.3) is 5.91 Å². The van der Waals surface area contributed by atoms with Gasteiger partial charge in [-0.1, -0.05) is 12.1 Å². The van der Waals surface area contributed by atoms with Gasteiger partial charge in [-0.25, -0.2) is 4.79 Å². The summed E-state index contributed by atoms with van der Waals surface area (Å²) >= 11 is 0. The van der Waals surface area contributed by atoms with E-state index in [4.69, 9.17) is 4.74 Å². The number of rotatable bonds is 7. The van der Waals surface area contributed by atoms with Crippen molar-refractivity contribution in [3.8, 4) is 0 Å². The standard InChI is InChI=1S/C20H28N4O5/c1-20(2,3)21-16(25)12-22(4)17(26)13-29-18(27)10-11-24-15-9-7-6-8-14(15)23(5)19(24)28/h6-9H,10-13H2,1-5H3,(H,21,25). The van der Waals surface area contributed by atoms with Gasteiger partial charge in [-0.05, 0) is 32.9 Å². The summed E-state index contributed by atoms with van der Waals surface area (Å²) in [5.74, 6) is -1.37. The fraction of sp³-hybridized carbons (Fsp3) is 0.500. The van der Waals surface area contributed by atoms with Crippen LogP contribution in [-0.4, -0.2) is 57.6 Å². The van der Waals surface area contributed by atoms with Gasteiger partial charge in [0, 0.05) is 26.2 Å². The van der Waals surface area contributed by atoms with Crippen molar-refractivity contribution in [3.63, 3.8) is 0 Å². The number of esters is 1. The molecule has 1 heterocycles. The number of amides is 2. The summed E-state index contributed by atoms with van der Waals surface area (Å²) in [6.45, 7) is 5.10. The highest BCUT2D eigenvalue weighted by Gasteiger charge is 2.19. The first-order valence-corrected chi connectivity index (χ1v) is 9.34. The minimum Gasteiger partial charge on any atom is -0.456 e. The summed E-state index contributed by atoms with van der Waals surface area (Å²) in [6, 6.07) is 7.30. The van der Waals surface area contributed by atoms with Crippen molar-refractivity contribution in [2.45, 2.75) is 39.3 Å². The maximum Gasteiger partial charge on any atom is 0.328 e. The molecule has 0 aliphatic carbocycles. The van der Waals surface area contributed by atoms with Crippen LogP contribution in [-0.2, 0) is 32.7 Å². The lowest BCUT2D eigenvalue weighted by Crippen LogP contribution is -2.46. The van der Waals surface area contributed by atoms with E-state index in [0.717, 1.165) is 11.0 Å². The highest BCUT2D eigenvalue weighted by molar-refractivity contribution is 5.86. The molecule has 0 bridgehead atoms. The molecule has 0 aliphatic heterocycles. The van der Waals surface area contributed by atoms with Gasteiger partial charge in [-0.15, -0.1) is 0 Å². The molecule has 158 valence electrons. The van der Waals surface area contributed by atoms with E-state index in [1.165, 1.54) is 21.1 Å². The third-order valence-corrected chi connectivity index (χ3v) is 4.27. The van der Waals surface area contributed by atoms with E-state index in [9.17, 15) is 19.2 Å². The van der Waals surface area contributed by atoms with Gasteiger partial charge in [0.05, 0.1) is 24.0 Å². The Bertz CT molecular complexity index is 967. The highest BCUT2D eigenvalue weighted by Crippen LogP contribution is 2.12. The average Bonchev–Trinajstić information content (AvgIpc) is 2.87. The summed E-state index contributed by atoms with van der Waals surface area (Å²) in [4.78, 5) is 49.5. The van der Waals surface area contributed by atoms with Crippen molar-refractivity contribution in [3.05, 3.63) is 34.7 Å². The van der Waals surface area contributed by atoms with Crippen LogP contribution in [0.5, 0.6) is 0 Å². The monoisotopic (exact) mass is 404 g/mol. The quantitative estimate of drug-likeness (QED) is 0.683. The van der Waals surface area contributed by atoms with Crippen LogP contribution in [0, 0.1) is 0 Å². The third-order valence-electron chi connectivity index (χ3n) is 4.27. The van der Waals surface area contributed by atoms with Gasteiger partial charge in [0.15, 0.2) is 6.61 Å². The van der Waals surface area contributed by atoms with Crippen LogP contribution in [0.15, 0.2) is 29.1 Å². The second-order valence-corrected chi connectivity index (χ2v) is 7.94. The molecule has 0 aliphatic rings. The summed E-state index contributed by atoms with van der Waals surface area (Å²) in [6.07, 6.45) is -0.0462. The molecular weight excluding hydrogens is 376 g/mol. The Hall–Kier alpha value is -3.10. The number of carbonyl (C=O) groups excluding carboxylic acids is 3. The molecule has 2 rings (SSSR count). The van der Waals surface area contributed by atoms with Crippen molar-refractivity contribution in [2.75, 3.05) is 20.2 Å². The molecule has 0 unspecified atom stereocenters. The Morgan fingerprint density at radius 1 is 1.14 bits per heavy atom. The fourth-order valence-corrected chi connectivity index (χ4v) is 2.87. The molecule has 0 radical (unpaired) electrons. The van der Waals surface area contributed by atoms with Gasteiger partial charge in [0.2, 0.25) is 5.91 Å². The lowest BCUT2D eigenvalue weighted by Gasteiger charge is -2.23. The van der Waals surface area contributed by atoms with E-state index in [2.05, 4.69) is 5.32 Å². The Morgan fingerprint density at radius 2 is 1.76 bits per heavy atom. The molecule has 0 saturated heterocycles. The number of nitrogens with one attached hydrogen (secondary N) is 1. The second-order valence-electron chi connectivity index (χ2n) is 7.94. The molecule has 0 atom stereocenters. The molecule has 2 amide bonds. The van der Waals surface area contributed by atoms with E-state index in [0.29, 0.717) is 0 Å². The summed E-state index contributed by atoms with van der Waals surface area (Å²) < 4.78 is 8.02. The number of para-hydroxylation sites is 2. The Labute approximate surface area is 169 Å². The largest absolute Gasteiger partial charge is 0.456 e. The van der Waals surface area contributed by atoms with E-state index in [1.54, 1.807) is 7.05 Å². The van der Waals surface area contributed by atoms with Crippen molar-refractivity contribution in [2.24, 2.45) is 7.05 Å². The van der Waals surface area contributed by atoms with Gasteiger partial charge >= 0.3 is 11.7 Å². The van der Waals surface area contributed by atoms with E-state index in [1.807, 2.05) is 45.0 Å². The zero-order valence-corrected chi connectivity index (χ0v) is 17.5. The predicted molar refractivity (Wildman–Crippen MR) is 108 cm³/mol. The van der Waals surface area contributed by atoms with E-state index < -0.39 is 24.0 Å². The Morgan fingerprint density at radius 3 is 2.38 bits per heavy atom. The molecule has 9 nitrogen and oxygen atoms in total. The molecule has 1 aromatic heterocycles. The van der Waals surface area contributed by atoms with Gasteiger partial charge < -0.3 is 15.0 Å². The van der Waals surface area contributed by atoms with Crippen molar-refractivity contribution >= 4 is 28.8 Å². The van der Waals surface area contributed by atoms with Crippen molar-refractivity contribution in [1.29, 1.82) is 0 Å². The van der Waals surface area contributed by atoms with Crippen LogP contribution < -0.4 is 11.0 Å². The molecule has 2 aromatic rings. The summed E-state index contributed by atoms with van der Waals surface area (Å²) in [7, 11) is 3.14. The average molecular weight is 404 g/mol. The molecule has 0 fully saturated rings. The van der Waals surface area contributed by atoms with Crippen LogP contribution in [0.3, 0.4) is 0 Å². The number of likely N-dealkylation sites (N-methyl/N-ethyl adjacent to an activating group) is 1. The maximum atomic E-state index is 12.3. The lowest BCUT2D eigenvalue weighted by molar-refractivity contribution is -0.152. The number of benzene rings is 1. The number of nitrogens with zero attached hydrogens (tertiary/aromatic N) is 3. The normalized spacial score (nSPS) is 11.3. The van der Waals surface area contributed by atoms with Crippen molar-refractivity contribution < 1.29 is 19.1 Å². The molecule has 1 N–H and O–H groups in total. The highest BCUT2D eigenvalue weighted by atomic mass is 16.5. The predicted octanol–water partition coefficient (Wildman–Crippen LogP) is 0.646. The van der Waals surface area contributed by atoms with Gasteiger partial charge in [-0.2, -0.15) is 0 Å². The number of fused-ring (bicyclic) bond motifs is 1. The molecule has 9 heteroatoms. The van der Waals surface area contributed by atoms with Gasteiger partial charge in [0.1, 0.15) is 0 Å². The smallest absolute Gasteiger partial charge is 0.328 e. The first-order valence-electron chi connectivity index (χ1n) is 9.34. The molecule has 29 heavy (non-hydrogen) atoms. The number of hydrogen-bond donors (Lipinski definition) is 1. The molecule has 0 saturated carbocycles. The first kappa shape index (κ1) is 22.2. The van der Waals surface area contributed by atoms with Crippen LogP contribution in [0.4, 0.5) is 0 Å². The topological polar surface area (TPSA) is 103 Å². The first-order chi connectivity index (χ1) is 13.5. The van der Waals surface area contributed by atoms with Crippen molar-refractivity contribution in [1.82, 2.24) is 19.4 Å². The molecule has 0 spiro atoms. The Balaban J connectivity index is 1.85. The number of ether oxygens (including phenoxy) is 1. The number of hydrogen-bond acceptors (Lipinski definition) is 5. The Kier molecular flexibility index (Phi) is 6.84. The SMILES string of the molecule is CN(CC(=O)NC(C)(C)C)C(=O)COC(=O)CCn1c(=O)n(C)c2ccccc21. The van der Waals surface area contributed by atoms with E-state index >= 15 is 0 Å². The maximum absolute atomic E-state index is 12.3. The zero-order valence-electron chi connectivity index (χ0n) is 17.5. The lowest BCUT2D eigenvalue weighted by atomic mass is 10.1. The number of aryl methyl sites for hydroxylation is 2. The molecule has 1 aromatic carbocycles. The number of imidazole rings is 1. The fourth-order valence-electron chi connectivity index (χ4n) is 2.87. The summed E-state index contributed by atoms with van der Waals surface area (Å²) in [5, 5.41) is 2.76. The minimum atomic E-state index is -0.592. The number of aromatic nitrogens is 2. The van der Waals surface area contributed by atoms with Crippen LogP contribution in [0.2, 0.25) is 0 Å². The van der Waals surface area contributed by atoms with Crippen LogP contribution in [0.1, 0.15) is 27.2 Å². The van der Waals surface area contributed by atoms with Crippen LogP contribution >= 0.6 is 0 Å². The second kappa shape index (κ2) is 8.93. The van der Waals surface area contributed by atoms with Gasteiger partial charge in [-0.3, -0.25) is 23.5 Å². The van der Waals surface area contributed by atoms with E-state index in [-0.39, 0.29) is 31.1 Å². The zero-order chi connectivity index (χ0) is 21.8. The summed E-state index contributed by atoms with van der Waals surface area (Å²) in [5.41, 5.74) is 0.886. The minimum absolute atomic E-state index is 0.0462. The molecular formula is C20H28N4O5.